The van der Waals surface area contributed by atoms with Gasteiger partial charge in [0.25, 0.3) is 0 Å². The maximum Gasteiger partial charge on any atom is 0.167 e. The van der Waals surface area contributed by atoms with Crippen LogP contribution in [-0.4, -0.2) is 35.6 Å². The Morgan fingerprint density at radius 2 is 2.00 bits per heavy atom. The predicted octanol–water partition coefficient (Wildman–Crippen LogP) is 2.32. The average molecular weight is 269 g/mol. The van der Waals surface area contributed by atoms with Crippen molar-refractivity contribution < 1.29 is 9.59 Å². The van der Waals surface area contributed by atoms with E-state index in [1.165, 1.54) is 0 Å². The van der Waals surface area contributed by atoms with Crippen molar-refractivity contribution in [3.05, 3.63) is 42.0 Å². The van der Waals surface area contributed by atoms with Crippen LogP contribution < -0.4 is 0 Å². The predicted molar refractivity (Wildman–Crippen MR) is 78.2 cm³/mol. The zero-order valence-corrected chi connectivity index (χ0v) is 11.7. The minimum Gasteiger partial charge on any atom is -0.299 e. The molecule has 1 aromatic rings. The number of Topliss-reactive ketones (excluding diaryl/α,β-unsaturated/α-hetero) is 1. The third-order valence-corrected chi connectivity index (χ3v) is 4.61. The molecule has 2 fully saturated rings. The summed E-state index contributed by atoms with van der Waals surface area (Å²) in [5.74, 6) is -0.381. The van der Waals surface area contributed by atoms with Crippen molar-refractivity contribution in [1.82, 2.24) is 4.90 Å². The van der Waals surface area contributed by atoms with Crippen LogP contribution in [0.3, 0.4) is 0 Å². The van der Waals surface area contributed by atoms with Crippen molar-refractivity contribution in [2.45, 2.75) is 31.3 Å². The van der Waals surface area contributed by atoms with E-state index in [1.807, 2.05) is 37.4 Å². The van der Waals surface area contributed by atoms with Gasteiger partial charge in [0.2, 0.25) is 0 Å². The molecule has 3 heteroatoms. The molecule has 0 saturated carbocycles. The topological polar surface area (TPSA) is 37.4 Å². The van der Waals surface area contributed by atoms with Gasteiger partial charge < -0.3 is 0 Å². The second kappa shape index (κ2) is 5.33. The van der Waals surface area contributed by atoms with Crippen molar-refractivity contribution in [2.75, 3.05) is 7.05 Å². The van der Waals surface area contributed by atoms with Gasteiger partial charge in [0.15, 0.2) is 5.78 Å². The van der Waals surface area contributed by atoms with Gasteiger partial charge in [0, 0.05) is 18.5 Å². The first kappa shape index (κ1) is 13.3. The molecule has 1 unspecified atom stereocenters. The van der Waals surface area contributed by atoms with Crippen LogP contribution in [0, 0.1) is 5.92 Å². The molecule has 3 atom stereocenters. The van der Waals surface area contributed by atoms with E-state index in [0.29, 0.717) is 12.5 Å². The van der Waals surface area contributed by atoms with E-state index in [1.54, 1.807) is 12.2 Å². The monoisotopic (exact) mass is 269 g/mol. The van der Waals surface area contributed by atoms with Gasteiger partial charge in [-0.05, 0) is 31.5 Å². The summed E-state index contributed by atoms with van der Waals surface area (Å²) < 4.78 is 0. The summed E-state index contributed by atoms with van der Waals surface area (Å²) in [6, 6.07) is 10.2. The number of carbonyl (C=O) groups is 2. The van der Waals surface area contributed by atoms with Gasteiger partial charge in [-0.3, -0.25) is 14.5 Å². The first-order valence-electron chi connectivity index (χ1n) is 7.18. The normalized spacial score (nSPS) is 30.1. The number of hydrogen-bond donors (Lipinski definition) is 0. The lowest BCUT2D eigenvalue weighted by molar-refractivity contribution is -0.136. The van der Waals surface area contributed by atoms with Gasteiger partial charge in [-0.25, -0.2) is 0 Å². The molecule has 20 heavy (non-hydrogen) atoms. The SMILES string of the molecule is CN1[C@H]2CC[C@@H]1C(C(=O)/C=C/c1ccccc1)C(=O)C2. The molecule has 104 valence electrons. The van der Waals surface area contributed by atoms with E-state index in [-0.39, 0.29) is 17.6 Å². The van der Waals surface area contributed by atoms with Gasteiger partial charge in [-0.2, -0.15) is 0 Å². The summed E-state index contributed by atoms with van der Waals surface area (Å²) in [4.78, 5) is 26.8. The Bertz CT molecular complexity index is 549. The molecule has 0 spiro atoms. The van der Waals surface area contributed by atoms with Gasteiger partial charge in [0.05, 0.1) is 5.92 Å². The summed E-state index contributed by atoms with van der Waals surface area (Å²) >= 11 is 0. The van der Waals surface area contributed by atoms with Crippen molar-refractivity contribution >= 4 is 17.6 Å². The summed E-state index contributed by atoms with van der Waals surface area (Å²) in [5, 5.41) is 0. The zero-order chi connectivity index (χ0) is 14.1. The Balaban J connectivity index is 1.76. The number of benzene rings is 1. The van der Waals surface area contributed by atoms with Crippen LogP contribution in [0.2, 0.25) is 0 Å². The van der Waals surface area contributed by atoms with Crippen LogP contribution in [0.5, 0.6) is 0 Å². The molecular weight excluding hydrogens is 250 g/mol. The molecule has 3 rings (SSSR count). The minimum absolute atomic E-state index is 0.0453. The standard InChI is InChI=1S/C17H19NO2/c1-18-13-8-9-14(18)17(16(20)11-13)15(19)10-7-12-5-3-2-4-6-12/h2-7,10,13-14,17H,8-9,11H2,1H3/b10-7+/t13-,14+,17?/m0/s1. The lowest BCUT2D eigenvalue weighted by Crippen LogP contribution is -2.49. The highest BCUT2D eigenvalue weighted by Gasteiger charge is 2.47. The van der Waals surface area contributed by atoms with Crippen LogP contribution in [-0.2, 0) is 9.59 Å². The number of piperidine rings is 1. The fourth-order valence-electron chi connectivity index (χ4n) is 3.46. The molecule has 3 nitrogen and oxygen atoms in total. The van der Waals surface area contributed by atoms with Crippen molar-refractivity contribution in [3.63, 3.8) is 0 Å². The number of nitrogens with zero attached hydrogens (tertiary/aromatic N) is 1. The third-order valence-electron chi connectivity index (χ3n) is 4.61. The van der Waals surface area contributed by atoms with Crippen molar-refractivity contribution in [1.29, 1.82) is 0 Å². The van der Waals surface area contributed by atoms with Crippen molar-refractivity contribution in [2.24, 2.45) is 5.92 Å². The minimum atomic E-state index is -0.460. The molecule has 2 saturated heterocycles. The van der Waals surface area contributed by atoms with Gasteiger partial charge in [-0.1, -0.05) is 36.4 Å². The second-order valence-electron chi connectivity index (χ2n) is 5.76. The van der Waals surface area contributed by atoms with Crippen LogP contribution >= 0.6 is 0 Å². The molecule has 0 aromatic heterocycles. The molecule has 0 aliphatic carbocycles. The van der Waals surface area contributed by atoms with Crippen LogP contribution in [0.15, 0.2) is 36.4 Å². The number of rotatable bonds is 3. The van der Waals surface area contributed by atoms with E-state index < -0.39 is 5.92 Å². The van der Waals surface area contributed by atoms with Crippen LogP contribution in [0.4, 0.5) is 0 Å². The van der Waals surface area contributed by atoms with Crippen LogP contribution in [0.25, 0.3) is 6.08 Å². The fourth-order valence-corrected chi connectivity index (χ4v) is 3.46. The number of fused-ring (bicyclic) bond motifs is 2. The summed E-state index contributed by atoms with van der Waals surface area (Å²) in [7, 11) is 2.04. The first-order valence-corrected chi connectivity index (χ1v) is 7.18. The highest BCUT2D eigenvalue weighted by atomic mass is 16.2. The first-order chi connectivity index (χ1) is 9.66. The smallest absolute Gasteiger partial charge is 0.167 e. The van der Waals surface area contributed by atoms with E-state index >= 15 is 0 Å². The Hall–Kier alpha value is -1.74. The highest BCUT2D eigenvalue weighted by Crippen LogP contribution is 2.36. The summed E-state index contributed by atoms with van der Waals surface area (Å²) in [6.07, 6.45) is 5.91. The number of carbonyl (C=O) groups excluding carboxylic acids is 2. The number of ketones is 2. The molecule has 2 aliphatic heterocycles. The Morgan fingerprint density at radius 1 is 1.25 bits per heavy atom. The Kier molecular flexibility index (Phi) is 3.53. The molecule has 1 aromatic carbocycles. The van der Waals surface area contributed by atoms with Gasteiger partial charge in [0.1, 0.15) is 5.78 Å². The van der Waals surface area contributed by atoms with Gasteiger partial charge >= 0.3 is 0 Å². The molecule has 0 N–H and O–H groups in total. The van der Waals surface area contributed by atoms with E-state index in [4.69, 9.17) is 0 Å². The maximum absolute atomic E-state index is 12.4. The molecule has 2 heterocycles. The Morgan fingerprint density at radius 3 is 2.75 bits per heavy atom. The average Bonchev–Trinajstić information content (AvgIpc) is 2.71. The second-order valence-corrected chi connectivity index (χ2v) is 5.76. The van der Waals surface area contributed by atoms with E-state index in [9.17, 15) is 9.59 Å². The fraction of sp³-hybridized carbons (Fsp3) is 0.412. The quantitative estimate of drug-likeness (QED) is 0.624. The molecular formula is C17H19NO2. The molecule has 0 amide bonds. The highest BCUT2D eigenvalue weighted by molar-refractivity contribution is 6.10. The van der Waals surface area contributed by atoms with Gasteiger partial charge in [-0.15, -0.1) is 0 Å². The summed E-state index contributed by atoms with van der Waals surface area (Å²) in [5.41, 5.74) is 0.988. The zero-order valence-electron chi connectivity index (χ0n) is 11.7. The number of allylic oxidation sites excluding steroid dienone is 1. The third kappa shape index (κ3) is 2.34. The molecule has 0 radical (unpaired) electrons. The Labute approximate surface area is 119 Å². The van der Waals surface area contributed by atoms with E-state index in [2.05, 4.69) is 4.90 Å². The lowest BCUT2D eigenvalue weighted by atomic mass is 9.85. The molecule has 2 aliphatic rings. The summed E-state index contributed by atoms with van der Waals surface area (Å²) in [6.45, 7) is 0. The van der Waals surface area contributed by atoms with Crippen LogP contribution in [0.1, 0.15) is 24.8 Å². The largest absolute Gasteiger partial charge is 0.299 e. The number of hydrogen-bond acceptors (Lipinski definition) is 3. The maximum atomic E-state index is 12.4. The van der Waals surface area contributed by atoms with E-state index in [0.717, 1.165) is 18.4 Å². The lowest BCUT2D eigenvalue weighted by Gasteiger charge is -2.35. The molecule has 2 bridgehead atoms. The van der Waals surface area contributed by atoms with Crippen molar-refractivity contribution in [3.8, 4) is 0 Å².